The molecule has 0 bridgehead atoms. The van der Waals surface area contributed by atoms with Gasteiger partial charge in [-0.3, -0.25) is 4.79 Å². The van der Waals surface area contributed by atoms with Crippen molar-refractivity contribution in [2.24, 2.45) is 0 Å². The van der Waals surface area contributed by atoms with E-state index >= 15 is 0 Å². The molecule has 3 nitrogen and oxygen atoms in total. The second-order valence-electron chi connectivity index (χ2n) is 4.62. The number of ketones is 1. The van der Waals surface area contributed by atoms with Crippen molar-refractivity contribution < 1.29 is 9.90 Å². The van der Waals surface area contributed by atoms with Crippen LogP contribution in [0.4, 0.5) is 5.69 Å². The third-order valence-corrected chi connectivity index (χ3v) is 3.60. The number of Topliss-reactive ketones (excluding diaryl/α,β-unsaturated/α-hetero) is 1. The van der Waals surface area contributed by atoms with Crippen LogP contribution in [0.2, 0.25) is 0 Å². The maximum Gasteiger partial charge on any atom is 0.164 e. The van der Waals surface area contributed by atoms with Crippen LogP contribution in [0.3, 0.4) is 0 Å². The van der Waals surface area contributed by atoms with E-state index in [1.165, 1.54) is 0 Å². The number of phenolic OH excluding ortho intramolecular Hbond substituents is 1. The minimum absolute atomic E-state index is 0.122. The molecule has 0 heterocycles. The fraction of sp³-hybridized carbons (Fsp3) is 0.188. The Morgan fingerprint density at radius 1 is 1.20 bits per heavy atom. The number of carbonyl (C=O) groups excluding carboxylic acids is 1. The number of rotatable bonds is 5. The van der Waals surface area contributed by atoms with Crippen LogP contribution in [0.1, 0.15) is 16.8 Å². The lowest BCUT2D eigenvalue weighted by atomic mass is 10.1. The van der Waals surface area contributed by atoms with Crippen molar-refractivity contribution in [2.75, 3.05) is 18.5 Å². The minimum Gasteiger partial charge on any atom is -0.508 e. The molecular weight excluding hydrogens is 318 g/mol. The van der Waals surface area contributed by atoms with E-state index in [2.05, 4.69) is 15.9 Å². The third-order valence-electron chi connectivity index (χ3n) is 3.11. The van der Waals surface area contributed by atoms with Gasteiger partial charge >= 0.3 is 0 Å². The van der Waals surface area contributed by atoms with Gasteiger partial charge in [-0.15, -0.1) is 0 Å². The lowest BCUT2D eigenvalue weighted by molar-refractivity contribution is 0.0985. The summed E-state index contributed by atoms with van der Waals surface area (Å²) in [5, 5.41) is 9.25. The lowest BCUT2D eigenvalue weighted by Crippen LogP contribution is -2.21. The average molecular weight is 334 g/mol. The van der Waals surface area contributed by atoms with Crippen LogP contribution in [-0.2, 0) is 0 Å². The van der Waals surface area contributed by atoms with Gasteiger partial charge in [-0.05, 0) is 36.4 Å². The van der Waals surface area contributed by atoms with Crippen molar-refractivity contribution in [2.45, 2.75) is 6.42 Å². The summed E-state index contributed by atoms with van der Waals surface area (Å²) in [6.07, 6.45) is 0.452. The van der Waals surface area contributed by atoms with E-state index in [1.54, 1.807) is 12.1 Å². The molecule has 0 saturated heterocycles. The highest BCUT2D eigenvalue weighted by molar-refractivity contribution is 9.10. The maximum absolute atomic E-state index is 12.1. The number of anilines is 1. The van der Waals surface area contributed by atoms with Crippen molar-refractivity contribution in [3.63, 3.8) is 0 Å². The summed E-state index contributed by atoms with van der Waals surface area (Å²) in [5.41, 5.74) is 1.70. The molecule has 0 radical (unpaired) electrons. The number of carbonyl (C=O) groups is 1. The number of hydrogen-bond acceptors (Lipinski definition) is 3. The predicted octanol–water partition coefficient (Wildman–Crippen LogP) is 3.86. The summed E-state index contributed by atoms with van der Waals surface area (Å²) in [6.45, 7) is 0.635. The molecule has 0 spiro atoms. The van der Waals surface area contributed by atoms with E-state index in [1.807, 2.05) is 48.3 Å². The van der Waals surface area contributed by atoms with Crippen LogP contribution in [0.15, 0.2) is 53.0 Å². The Morgan fingerprint density at radius 3 is 2.55 bits per heavy atom. The molecule has 0 atom stereocenters. The smallest absolute Gasteiger partial charge is 0.164 e. The average Bonchev–Trinajstić information content (AvgIpc) is 2.45. The Bertz CT molecular complexity index is 596. The predicted molar refractivity (Wildman–Crippen MR) is 84.5 cm³/mol. The Labute approximate surface area is 127 Å². The van der Waals surface area contributed by atoms with Crippen molar-refractivity contribution in [1.82, 2.24) is 0 Å². The summed E-state index contributed by atoms with van der Waals surface area (Å²) in [4.78, 5) is 14.1. The van der Waals surface area contributed by atoms with Crippen LogP contribution in [0.25, 0.3) is 0 Å². The number of phenols is 1. The number of benzene rings is 2. The number of halogens is 1. The molecular formula is C16H16BrNO2. The van der Waals surface area contributed by atoms with E-state index < -0.39 is 0 Å². The molecule has 0 amide bonds. The molecule has 20 heavy (non-hydrogen) atoms. The minimum atomic E-state index is 0.122. The molecule has 0 saturated carbocycles. The van der Waals surface area contributed by atoms with Crippen molar-refractivity contribution in [3.05, 3.63) is 58.6 Å². The summed E-state index contributed by atoms with van der Waals surface area (Å²) in [5.74, 6) is 0.365. The van der Waals surface area contributed by atoms with E-state index in [0.29, 0.717) is 13.0 Å². The molecule has 2 aromatic rings. The van der Waals surface area contributed by atoms with E-state index in [4.69, 9.17) is 0 Å². The largest absolute Gasteiger partial charge is 0.508 e. The Balaban J connectivity index is 1.94. The molecule has 104 valence electrons. The third kappa shape index (κ3) is 3.84. The first-order chi connectivity index (χ1) is 9.56. The second-order valence-corrected chi connectivity index (χ2v) is 5.54. The molecule has 0 aromatic heterocycles. The summed E-state index contributed by atoms with van der Waals surface area (Å²) >= 11 is 3.37. The molecule has 0 unspecified atom stereocenters. The maximum atomic E-state index is 12.1. The van der Waals surface area contributed by atoms with Gasteiger partial charge in [0.25, 0.3) is 0 Å². The van der Waals surface area contributed by atoms with Crippen molar-refractivity contribution in [1.29, 1.82) is 0 Å². The van der Waals surface area contributed by atoms with Crippen LogP contribution in [0, 0.1) is 0 Å². The van der Waals surface area contributed by atoms with Crippen LogP contribution in [-0.4, -0.2) is 24.5 Å². The number of aromatic hydroxyl groups is 1. The monoisotopic (exact) mass is 333 g/mol. The topological polar surface area (TPSA) is 40.5 Å². The van der Waals surface area contributed by atoms with E-state index in [9.17, 15) is 9.90 Å². The lowest BCUT2D eigenvalue weighted by Gasteiger charge is -2.18. The quantitative estimate of drug-likeness (QED) is 0.844. The zero-order chi connectivity index (χ0) is 14.5. The molecule has 4 heteroatoms. The molecule has 0 fully saturated rings. The van der Waals surface area contributed by atoms with Gasteiger partial charge in [0, 0.05) is 35.7 Å². The molecule has 0 aliphatic rings. The van der Waals surface area contributed by atoms with Crippen LogP contribution >= 0.6 is 15.9 Å². The summed E-state index contributed by atoms with van der Waals surface area (Å²) in [7, 11) is 1.93. The van der Waals surface area contributed by atoms with Crippen molar-refractivity contribution in [3.8, 4) is 5.75 Å². The van der Waals surface area contributed by atoms with Gasteiger partial charge < -0.3 is 10.0 Å². The van der Waals surface area contributed by atoms with E-state index in [0.717, 1.165) is 15.7 Å². The van der Waals surface area contributed by atoms with Crippen LogP contribution < -0.4 is 4.90 Å². The fourth-order valence-electron chi connectivity index (χ4n) is 1.91. The SMILES string of the molecule is CN(CCC(=O)c1cccc(Br)c1)c1ccc(O)cc1. The van der Waals surface area contributed by atoms with Crippen molar-refractivity contribution >= 4 is 27.4 Å². The van der Waals surface area contributed by atoms with E-state index in [-0.39, 0.29) is 11.5 Å². The van der Waals surface area contributed by atoms with Gasteiger partial charge in [0.05, 0.1) is 0 Å². The molecule has 2 aromatic carbocycles. The van der Waals surface area contributed by atoms with Gasteiger partial charge in [0.15, 0.2) is 5.78 Å². The molecule has 0 aliphatic heterocycles. The molecule has 2 rings (SSSR count). The first-order valence-corrected chi connectivity index (χ1v) is 7.14. The summed E-state index contributed by atoms with van der Waals surface area (Å²) < 4.78 is 0.912. The highest BCUT2D eigenvalue weighted by Crippen LogP contribution is 2.18. The number of nitrogens with zero attached hydrogens (tertiary/aromatic N) is 1. The van der Waals surface area contributed by atoms with Gasteiger partial charge in [-0.25, -0.2) is 0 Å². The Morgan fingerprint density at radius 2 is 1.90 bits per heavy atom. The molecule has 1 N–H and O–H groups in total. The second kappa shape index (κ2) is 6.57. The standard InChI is InChI=1S/C16H16BrNO2/c1-18(14-5-7-15(19)8-6-14)10-9-16(20)12-3-2-4-13(17)11-12/h2-8,11,19H,9-10H2,1H3. The Kier molecular flexibility index (Phi) is 4.79. The first-order valence-electron chi connectivity index (χ1n) is 6.35. The zero-order valence-corrected chi connectivity index (χ0v) is 12.8. The van der Waals surface area contributed by atoms with Gasteiger partial charge in [0.2, 0.25) is 0 Å². The first kappa shape index (κ1) is 14.6. The fourth-order valence-corrected chi connectivity index (χ4v) is 2.31. The highest BCUT2D eigenvalue weighted by atomic mass is 79.9. The van der Waals surface area contributed by atoms with Gasteiger partial charge in [0.1, 0.15) is 5.75 Å². The van der Waals surface area contributed by atoms with Gasteiger partial charge in [-0.1, -0.05) is 28.1 Å². The zero-order valence-electron chi connectivity index (χ0n) is 11.2. The normalized spacial score (nSPS) is 10.3. The van der Waals surface area contributed by atoms with Gasteiger partial charge in [-0.2, -0.15) is 0 Å². The van der Waals surface area contributed by atoms with Crippen LogP contribution in [0.5, 0.6) is 5.75 Å². The molecule has 0 aliphatic carbocycles. The highest BCUT2D eigenvalue weighted by Gasteiger charge is 2.08. The summed E-state index contributed by atoms with van der Waals surface area (Å²) in [6, 6.07) is 14.4. The Hall–Kier alpha value is -1.81. The number of hydrogen-bond donors (Lipinski definition) is 1.